The molecule has 0 aliphatic heterocycles. The third kappa shape index (κ3) is 3.65. The molecule has 0 heterocycles. The van der Waals surface area contributed by atoms with E-state index in [4.69, 9.17) is 10.2 Å². The van der Waals surface area contributed by atoms with Crippen LogP contribution in [-0.4, -0.2) is 33.8 Å². The molecule has 3 N–H and O–H groups in total. The molecule has 0 aliphatic rings. The van der Waals surface area contributed by atoms with Gasteiger partial charge in [-0.05, 0) is 0 Å². The highest BCUT2D eigenvalue weighted by Gasteiger charge is 2.19. The van der Waals surface area contributed by atoms with E-state index in [0.29, 0.717) is 0 Å². The molecule has 0 aromatic carbocycles. The maximum absolute atomic E-state index is 10.9. The molecule has 0 aromatic heterocycles. The lowest BCUT2D eigenvalue weighted by molar-refractivity contribution is -0.134. The maximum atomic E-state index is 10.9. The van der Waals surface area contributed by atoms with Crippen molar-refractivity contribution in [3.63, 3.8) is 0 Å². The second-order valence-electron chi connectivity index (χ2n) is 2.70. The Kier molecular flexibility index (Phi) is 4.27. The normalized spacial score (nSPS) is 9.36. The number of carboxylic acid groups (broad SMARTS) is 2. The summed E-state index contributed by atoms with van der Waals surface area (Å²) in [4.78, 5) is 31.4. The molecule has 0 radical (unpaired) electrons. The Hall–Kier alpha value is -1.92. The molecular formula is C7H10N2O5. The first-order chi connectivity index (χ1) is 6.36. The van der Waals surface area contributed by atoms with Crippen LogP contribution < -0.4 is 5.43 Å². The molecule has 0 aliphatic carbocycles. The minimum Gasteiger partial charge on any atom is -0.476 e. The van der Waals surface area contributed by atoms with E-state index in [1.54, 1.807) is 13.8 Å². The Bertz CT molecular complexity index is 278. The lowest BCUT2D eigenvalue weighted by Gasteiger charge is -2.02. The molecule has 0 bridgehead atoms. The summed E-state index contributed by atoms with van der Waals surface area (Å²) >= 11 is 0. The Morgan fingerprint density at radius 1 is 1.14 bits per heavy atom. The van der Waals surface area contributed by atoms with Gasteiger partial charge in [0.25, 0.3) is 5.71 Å². The summed E-state index contributed by atoms with van der Waals surface area (Å²) in [7, 11) is 0. The fourth-order valence-corrected chi connectivity index (χ4v) is 0.427. The molecule has 0 rings (SSSR count). The van der Waals surface area contributed by atoms with Crippen molar-refractivity contribution in [2.45, 2.75) is 13.8 Å². The van der Waals surface area contributed by atoms with E-state index in [9.17, 15) is 14.4 Å². The van der Waals surface area contributed by atoms with E-state index in [-0.39, 0.29) is 0 Å². The molecule has 0 aromatic rings. The van der Waals surface area contributed by atoms with Crippen LogP contribution >= 0.6 is 0 Å². The quantitative estimate of drug-likeness (QED) is 0.316. The average Bonchev–Trinajstić information content (AvgIpc) is 2.02. The van der Waals surface area contributed by atoms with Crippen LogP contribution in [0.3, 0.4) is 0 Å². The van der Waals surface area contributed by atoms with Crippen LogP contribution in [0, 0.1) is 5.92 Å². The van der Waals surface area contributed by atoms with E-state index in [1.165, 1.54) is 0 Å². The SMILES string of the molecule is CC(C)C(=O)NN=C(C(=O)O)C(=O)O. The van der Waals surface area contributed by atoms with Crippen molar-refractivity contribution >= 4 is 23.6 Å². The van der Waals surface area contributed by atoms with Crippen molar-refractivity contribution in [1.82, 2.24) is 5.43 Å². The zero-order chi connectivity index (χ0) is 11.3. The van der Waals surface area contributed by atoms with Crippen LogP contribution in [0.1, 0.15) is 13.8 Å². The Morgan fingerprint density at radius 3 is 1.86 bits per heavy atom. The number of nitrogens with one attached hydrogen (secondary N) is 1. The lowest BCUT2D eigenvalue weighted by atomic mass is 10.2. The van der Waals surface area contributed by atoms with Gasteiger partial charge in [-0.25, -0.2) is 15.0 Å². The summed E-state index contributed by atoms with van der Waals surface area (Å²) in [5, 5.41) is 19.6. The number of rotatable bonds is 4. The van der Waals surface area contributed by atoms with Gasteiger partial charge in [0.1, 0.15) is 0 Å². The summed E-state index contributed by atoms with van der Waals surface area (Å²) in [6.45, 7) is 3.12. The summed E-state index contributed by atoms with van der Waals surface area (Å²) in [6.07, 6.45) is 0. The minimum absolute atomic E-state index is 0.400. The monoisotopic (exact) mass is 202 g/mol. The highest BCUT2D eigenvalue weighted by Crippen LogP contribution is 1.90. The third-order valence-electron chi connectivity index (χ3n) is 1.21. The van der Waals surface area contributed by atoms with Gasteiger partial charge >= 0.3 is 11.9 Å². The van der Waals surface area contributed by atoms with E-state index in [1.807, 2.05) is 5.43 Å². The van der Waals surface area contributed by atoms with E-state index >= 15 is 0 Å². The molecule has 0 unspecified atom stereocenters. The lowest BCUT2D eigenvalue weighted by Crippen LogP contribution is -2.30. The van der Waals surface area contributed by atoms with Crippen LogP contribution in [0.15, 0.2) is 5.10 Å². The Labute approximate surface area is 79.4 Å². The van der Waals surface area contributed by atoms with Crippen molar-refractivity contribution in [1.29, 1.82) is 0 Å². The van der Waals surface area contributed by atoms with Gasteiger partial charge in [0.15, 0.2) is 0 Å². The number of nitrogens with zero attached hydrogens (tertiary/aromatic N) is 1. The maximum Gasteiger partial charge on any atom is 0.364 e. The molecule has 0 saturated carbocycles. The molecule has 78 valence electrons. The van der Waals surface area contributed by atoms with E-state index in [0.717, 1.165) is 0 Å². The zero-order valence-electron chi connectivity index (χ0n) is 7.64. The molecule has 7 nitrogen and oxygen atoms in total. The number of hydrogen-bond donors (Lipinski definition) is 3. The minimum atomic E-state index is -1.71. The van der Waals surface area contributed by atoms with Crippen molar-refractivity contribution in [2.75, 3.05) is 0 Å². The molecule has 0 atom stereocenters. The summed E-state index contributed by atoms with van der Waals surface area (Å²) in [5.41, 5.74) is 0.706. The molecule has 14 heavy (non-hydrogen) atoms. The molecule has 1 amide bonds. The highest BCUT2D eigenvalue weighted by atomic mass is 16.4. The topological polar surface area (TPSA) is 116 Å². The third-order valence-corrected chi connectivity index (χ3v) is 1.21. The fourth-order valence-electron chi connectivity index (χ4n) is 0.427. The number of carbonyl (C=O) groups is 3. The van der Waals surface area contributed by atoms with Gasteiger partial charge in [0.05, 0.1) is 0 Å². The van der Waals surface area contributed by atoms with Crippen LogP contribution in [-0.2, 0) is 14.4 Å². The first-order valence-corrected chi connectivity index (χ1v) is 3.70. The van der Waals surface area contributed by atoms with Gasteiger partial charge in [0, 0.05) is 5.92 Å². The van der Waals surface area contributed by atoms with Gasteiger partial charge in [-0.2, -0.15) is 5.10 Å². The van der Waals surface area contributed by atoms with Crippen LogP contribution in [0.2, 0.25) is 0 Å². The van der Waals surface area contributed by atoms with Crippen molar-refractivity contribution in [2.24, 2.45) is 11.0 Å². The van der Waals surface area contributed by atoms with Gasteiger partial charge in [-0.1, -0.05) is 13.8 Å². The van der Waals surface area contributed by atoms with Gasteiger partial charge in [-0.15, -0.1) is 0 Å². The van der Waals surface area contributed by atoms with Crippen LogP contribution in [0.4, 0.5) is 0 Å². The zero-order valence-corrected chi connectivity index (χ0v) is 7.64. The van der Waals surface area contributed by atoms with Crippen molar-refractivity contribution < 1.29 is 24.6 Å². The second-order valence-corrected chi connectivity index (χ2v) is 2.70. The average molecular weight is 202 g/mol. The summed E-state index contributed by atoms with van der Waals surface area (Å²) in [5.74, 6) is -4.37. The molecular weight excluding hydrogens is 192 g/mol. The number of carbonyl (C=O) groups excluding carboxylic acids is 1. The fraction of sp³-hybridized carbons (Fsp3) is 0.429. The van der Waals surface area contributed by atoms with E-state index < -0.39 is 29.5 Å². The first-order valence-electron chi connectivity index (χ1n) is 3.70. The Balaban J connectivity index is 4.55. The highest BCUT2D eigenvalue weighted by molar-refractivity contribution is 6.61. The number of amides is 1. The Morgan fingerprint density at radius 2 is 1.57 bits per heavy atom. The molecule has 0 saturated heterocycles. The van der Waals surface area contributed by atoms with Gasteiger partial charge in [-0.3, -0.25) is 4.79 Å². The van der Waals surface area contributed by atoms with Crippen molar-refractivity contribution in [3.05, 3.63) is 0 Å². The first kappa shape index (κ1) is 12.1. The number of carboxylic acids is 2. The molecule has 7 heteroatoms. The summed E-state index contributed by atoms with van der Waals surface area (Å²) < 4.78 is 0. The number of aliphatic carboxylic acids is 2. The number of hydrazone groups is 1. The van der Waals surface area contributed by atoms with Gasteiger partial charge < -0.3 is 10.2 Å². The molecule has 0 fully saturated rings. The van der Waals surface area contributed by atoms with Crippen LogP contribution in [0.5, 0.6) is 0 Å². The van der Waals surface area contributed by atoms with Gasteiger partial charge in [0.2, 0.25) is 5.91 Å². The predicted octanol–water partition coefficient (Wildman–Crippen LogP) is -0.716. The standard InChI is InChI=1S/C7H10N2O5/c1-3(2)5(10)9-8-4(6(11)12)7(13)14/h3H,1-2H3,(H,9,10)(H,11,12)(H,13,14). The summed E-state index contributed by atoms with van der Waals surface area (Å²) in [6, 6.07) is 0. The second kappa shape index (κ2) is 4.95. The largest absolute Gasteiger partial charge is 0.476 e. The smallest absolute Gasteiger partial charge is 0.364 e. The predicted molar refractivity (Wildman–Crippen MR) is 45.7 cm³/mol. The molecule has 0 spiro atoms. The van der Waals surface area contributed by atoms with E-state index in [2.05, 4.69) is 5.10 Å². The van der Waals surface area contributed by atoms with Crippen LogP contribution in [0.25, 0.3) is 0 Å². The van der Waals surface area contributed by atoms with Crippen molar-refractivity contribution in [3.8, 4) is 0 Å². The number of hydrogen-bond acceptors (Lipinski definition) is 4.